The zero-order valence-electron chi connectivity index (χ0n) is 3.18. The van der Waals surface area contributed by atoms with E-state index < -0.39 is 0 Å². The van der Waals surface area contributed by atoms with Gasteiger partial charge < -0.3 is 11.5 Å². The van der Waals surface area contributed by atoms with Crippen molar-refractivity contribution in [3.05, 3.63) is 0 Å². The van der Waals surface area contributed by atoms with Crippen LogP contribution in [-0.2, 0) is 0 Å². The Balaban J connectivity index is 0. The molecule has 0 fully saturated rings. The molecule has 0 spiro atoms. The Morgan fingerprint density at radius 3 is 1.83 bits per heavy atom. The fraction of sp³-hybridized carbons (Fsp3) is 0.500. The molecule has 0 bridgehead atoms. The molecule has 0 aromatic rings. The van der Waals surface area contributed by atoms with E-state index in [0.717, 1.165) is 0 Å². The van der Waals surface area contributed by atoms with Crippen molar-refractivity contribution in [1.29, 1.82) is 0 Å². The minimum absolute atomic E-state index is 0. The number of halogens is 1. The van der Waals surface area contributed by atoms with Crippen molar-refractivity contribution in [3.8, 4) is 0 Å². The third-order valence-corrected chi connectivity index (χ3v) is 0.368. The summed E-state index contributed by atoms with van der Waals surface area (Å²) in [7, 11) is 0. The quantitative estimate of drug-likeness (QED) is 0.537. The minimum Gasteiger partial charge on any atom is -0.392 e. The molecule has 0 radical (unpaired) electrons. The molecule has 0 saturated heterocycles. The van der Waals surface area contributed by atoms with Gasteiger partial charge in [-0.1, -0.05) is 12.2 Å². The average Bonchev–Trinajstić information content (AvgIpc) is 1.38. The second-order valence-corrected chi connectivity index (χ2v) is 1.19. The van der Waals surface area contributed by atoms with Crippen LogP contribution in [0.3, 0.4) is 0 Å². The normalized spacial score (nSPS) is 6.17. The molecule has 0 aromatic carbocycles. The van der Waals surface area contributed by atoms with E-state index in [1.54, 1.807) is 0 Å². The van der Waals surface area contributed by atoms with Crippen molar-refractivity contribution in [2.24, 2.45) is 11.5 Å². The molecule has 0 rings (SSSR count). The standard InChI is InChI=1S/C2H6N2S.BrH/c3-1-2(4)5;/h1,3H2,(H2,4,5);1H. The summed E-state index contributed by atoms with van der Waals surface area (Å²) in [5.41, 5.74) is 9.80. The second-order valence-electron chi connectivity index (χ2n) is 0.670. The summed E-state index contributed by atoms with van der Waals surface area (Å²) in [5.74, 6) is 0. The zero-order chi connectivity index (χ0) is 4.28. The molecule has 0 saturated carbocycles. The molecule has 0 amide bonds. The number of rotatable bonds is 1. The van der Waals surface area contributed by atoms with E-state index in [0.29, 0.717) is 11.5 Å². The maximum Gasteiger partial charge on any atom is 0.0865 e. The van der Waals surface area contributed by atoms with Crippen LogP contribution in [0.25, 0.3) is 0 Å². The van der Waals surface area contributed by atoms with Crippen LogP contribution in [-0.4, -0.2) is 11.5 Å². The number of hydrogen-bond acceptors (Lipinski definition) is 2. The minimum atomic E-state index is 0. The Kier molecular flexibility index (Phi) is 8.52. The lowest BCUT2D eigenvalue weighted by atomic mass is 10.7. The van der Waals surface area contributed by atoms with Gasteiger partial charge in [0.2, 0.25) is 0 Å². The third kappa shape index (κ3) is 8.84. The van der Waals surface area contributed by atoms with Crippen LogP contribution in [0, 0.1) is 0 Å². The highest BCUT2D eigenvalue weighted by Gasteiger charge is 1.70. The van der Waals surface area contributed by atoms with Gasteiger partial charge in [-0.15, -0.1) is 17.0 Å². The summed E-state index contributed by atoms with van der Waals surface area (Å²) in [5, 5.41) is 0. The molecule has 2 nitrogen and oxygen atoms in total. The van der Waals surface area contributed by atoms with Crippen molar-refractivity contribution in [2.75, 3.05) is 6.54 Å². The van der Waals surface area contributed by atoms with Gasteiger partial charge in [-0.05, 0) is 0 Å². The summed E-state index contributed by atoms with van der Waals surface area (Å²) in [6.07, 6.45) is 0. The highest BCUT2D eigenvalue weighted by Crippen LogP contribution is 1.49. The van der Waals surface area contributed by atoms with E-state index in [1.807, 2.05) is 0 Å². The van der Waals surface area contributed by atoms with E-state index in [2.05, 4.69) is 12.2 Å². The highest BCUT2D eigenvalue weighted by molar-refractivity contribution is 8.93. The first-order valence-electron chi connectivity index (χ1n) is 1.25. The molecule has 6 heavy (non-hydrogen) atoms. The summed E-state index contributed by atoms with van der Waals surface area (Å²) < 4.78 is 0. The molecule has 4 heteroatoms. The molecule has 4 N–H and O–H groups in total. The first-order chi connectivity index (χ1) is 2.27. The van der Waals surface area contributed by atoms with Gasteiger partial charge in [0.25, 0.3) is 0 Å². The molecule has 0 aliphatic rings. The van der Waals surface area contributed by atoms with E-state index in [9.17, 15) is 0 Å². The van der Waals surface area contributed by atoms with Crippen LogP contribution < -0.4 is 11.5 Å². The van der Waals surface area contributed by atoms with Gasteiger partial charge in [0.1, 0.15) is 0 Å². The lowest BCUT2D eigenvalue weighted by Gasteiger charge is -1.79. The van der Waals surface area contributed by atoms with Crippen LogP contribution in [0.1, 0.15) is 0 Å². The van der Waals surface area contributed by atoms with Crippen molar-refractivity contribution in [2.45, 2.75) is 0 Å². The monoisotopic (exact) mass is 170 g/mol. The number of nitrogens with two attached hydrogens (primary N) is 2. The third-order valence-electron chi connectivity index (χ3n) is 0.201. The summed E-state index contributed by atoms with van der Waals surface area (Å²) >= 11 is 4.35. The molecule has 0 aliphatic carbocycles. The number of thiocarbonyl (C=S) groups is 1. The Morgan fingerprint density at radius 1 is 1.67 bits per heavy atom. The lowest BCUT2D eigenvalue weighted by molar-refractivity contribution is 1.31. The fourth-order valence-corrected chi connectivity index (χ4v) is 0. The molecular weight excluding hydrogens is 164 g/mol. The summed E-state index contributed by atoms with van der Waals surface area (Å²) in [6.45, 7) is 0.315. The Hall–Kier alpha value is 0.330. The SMILES string of the molecule is Br.NCC(N)=S. The smallest absolute Gasteiger partial charge is 0.0865 e. The highest BCUT2D eigenvalue weighted by atomic mass is 79.9. The molecule has 0 unspecified atom stereocenters. The topological polar surface area (TPSA) is 52.0 Å². The Morgan fingerprint density at radius 2 is 1.83 bits per heavy atom. The van der Waals surface area contributed by atoms with Crippen LogP contribution >= 0.6 is 29.2 Å². The van der Waals surface area contributed by atoms with Crippen molar-refractivity contribution < 1.29 is 0 Å². The molecule has 0 atom stereocenters. The van der Waals surface area contributed by atoms with E-state index in [4.69, 9.17) is 11.5 Å². The largest absolute Gasteiger partial charge is 0.392 e. The maximum absolute atomic E-state index is 4.91. The fourth-order valence-electron chi connectivity index (χ4n) is 0. The van der Waals surface area contributed by atoms with Gasteiger partial charge in [-0.25, -0.2) is 0 Å². The van der Waals surface area contributed by atoms with Crippen LogP contribution in [0.15, 0.2) is 0 Å². The van der Waals surface area contributed by atoms with Crippen molar-refractivity contribution >= 4 is 34.2 Å². The predicted octanol–water partition coefficient (Wildman–Crippen LogP) is -0.191. The second kappa shape index (κ2) is 5.33. The molecular formula is C2H7BrN2S. The van der Waals surface area contributed by atoms with Crippen molar-refractivity contribution in [3.63, 3.8) is 0 Å². The van der Waals surface area contributed by atoms with Gasteiger partial charge in [-0.2, -0.15) is 0 Å². The van der Waals surface area contributed by atoms with Gasteiger partial charge in [0, 0.05) is 6.54 Å². The maximum atomic E-state index is 4.91. The number of hydrogen-bond donors (Lipinski definition) is 2. The summed E-state index contributed by atoms with van der Waals surface area (Å²) in [6, 6.07) is 0. The van der Waals surface area contributed by atoms with Crippen LogP contribution in [0.5, 0.6) is 0 Å². The van der Waals surface area contributed by atoms with Crippen LogP contribution in [0.2, 0.25) is 0 Å². The molecule has 0 aromatic heterocycles. The summed E-state index contributed by atoms with van der Waals surface area (Å²) in [4.78, 5) is 0.366. The van der Waals surface area contributed by atoms with Crippen molar-refractivity contribution in [1.82, 2.24) is 0 Å². The average molecular weight is 171 g/mol. The zero-order valence-corrected chi connectivity index (χ0v) is 5.71. The van der Waals surface area contributed by atoms with Gasteiger partial charge in [0.05, 0.1) is 4.99 Å². The predicted molar refractivity (Wildman–Crippen MR) is 36.2 cm³/mol. The first kappa shape index (κ1) is 9.59. The lowest BCUT2D eigenvalue weighted by Crippen LogP contribution is -2.19. The molecule has 0 aliphatic heterocycles. The molecule has 0 heterocycles. The Labute approximate surface area is 52.7 Å². The van der Waals surface area contributed by atoms with Gasteiger partial charge >= 0.3 is 0 Å². The van der Waals surface area contributed by atoms with Gasteiger partial charge in [0.15, 0.2) is 0 Å². The van der Waals surface area contributed by atoms with Gasteiger partial charge in [-0.3, -0.25) is 0 Å². The Bertz CT molecular complexity index is 46.8. The van der Waals surface area contributed by atoms with Crippen LogP contribution in [0.4, 0.5) is 0 Å². The molecule has 38 valence electrons. The first-order valence-corrected chi connectivity index (χ1v) is 1.66. The van der Waals surface area contributed by atoms with E-state index >= 15 is 0 Å². The van der Waals surface area contributed by atoms with E-state index in [1.165, 1.54) is 0 Å². The van der Waals surface area contributed by atoms with E-state index in [-0.39, 0.29) is 17.0 Å².